The van der Waals surface area contributed by atoms with Crippen LogP contribution in [0.2, 0.25) is 0 Å². The van der Waals surface area contributed by atoms with Gasteiger partial charge < -0.3 is 19.5 Å². The van der Waals surface area contributed by atoms with E-state index in [0.717, 1.165) is 54.3 Å². The number of hydrogen-bond acceptors (Lipinski definition) is 4. The van der Waals surface area contributed by atoms with Crippen LogP contribution in [-0.4, -0.2) is 41.8 Å². The van der Waals surface area contributed by atoms with Crippen LogP contribution in [0.4, 0.5) is 11.5 Å². The summed E-state index contributed by atoms with van der Waals surface area (Å²) in [5, 5.41) is 4.10. The molecule has 0 aliphatic carbocycles. The summed E-state index contributed by atoms with van der Waals surface area (Å²) >= 11 is 0. The topological polar surface area (TPSA) is 59.4 Å². The first-order chi connectivity index (χ1) is 15.3. The lowest BCUT2D eigenvalue weighted by molar-refractivity contribution is -0.116. The highest BCUT2D eigenvalue weighted by Gasteiger charge is 2.15. The molecule has 5 rings (SSSR count). The van der Waals surface area contributed by atoms with E-state index in [1.54, 1.807) is 6.20 Å². The van der Waals surface area contributed by atoms with E-state index in [-0.39, 0.29) is 12.5 Å². The van der Waals surface area contributed by atoms with E-state index in [0.29, 0.717) is 5.69 Å². The first kappa shape index (κ1) is 19.3. The van der Waals surface area contributed by atoms with Crippen molar-refractivity contribution < 1.29 is 9.53 Å². The van der Waals surface area contributed by atoms with E-state index in [2.05, 4.69) is 44.0 Å². The van der Waals surface area contributed by atoms with Crippen LogP contribution >= 0.6 is 0 Å². The summed E-state index contributed by atoms with van der Waals surface area (Å²) in [4.78, 5) is 19.6. The molecule has 4 aromatic rings. The number of pyridine rings is 1. The molecule has 0 spiro atoms. The van der Waals surface area contributed by atoms with Crippen molar-refractivity contribution in [3.05, 3.63) is 79.0 Å². The highest BCUT2D eigenvalue weighted by atomic mass is 16.5. The molecule has 3 heterocycles. The smallest absolute Gasteiger partial charge is 0.244 e. The lowest BCUT2D eigenvalue weighted by Crippen LogP contribution is -2.36. The summed E-state index contributed by atoms with van der Waals surface area (Å²) in [6, 6.07) is 24.3. The van der Waals surface area contributed by atoms with Gasteiger partial charge in [-0.2, -0.15) is 0 Å². The van der Waals surface area contributed by atoms with Crippen molar-refractivity contribution in [2.24, 2.45) is 0 Å². The quantitative estimate of drug-likeness (QED) is 0.534. The normalized spacial score (nSPS) is 14.0. The van der Waals surface area contributed by atoms with Crippen LogP contribution in [0.1, 0.15) is 0 Å². The molecular weight excluding hydrogens is 388 g/mol. The first-order valence-electron chi connectivity index (χ1n) is 10.5. The maximum absolute atomic E-state index is 12.9. The molecule has 156 valence electrons. The number of morpholine rings is 1. The molecule has 0 bridgehead atoms. The average molecular weight is 412 g/mol. The lowest BCUT2D eigenvalue weighted by Gasteiger charge is -2.27. The van der Waals surface area contributed by atoms with Crippen LogP contribution in [0.3, 0.4) is 0 Å². The molecule has 1 amide bonds. The second-order valence-corrected chi connectivity index (χ2v) is 7.59. The Hall–Kier alpha value is -3.64. The van der Waals surface area contributed by atoms with E-state index >= 15 is 0 Å². The number of benzene rings is 2. The Morgan fingerprint density at radius 2 is 1.74 bits per heavy atom. The zero-order valence-corrected chi connectivity index (χ0v) is 17.2. The van der Waals surface area contributed by atoms with Gasteiger partial charge in [0, 0.05) is 29.7 Å². The number of nitrogens with zero attached hydrogens (tertiary/aromatic N) is 3. The number of rotatable bonds is 5. The van der Waals surface area contributed by atoms with Gasteiger partial charge in [0.2, 0.25) is 5.91 Å². The number of fused-ring (bicyclic) bond motifs is 1. The largest absolute Gasteiger partial charge is 0.378 e. The maximum atomic E-state index is 12.9. The van der Waals surface area contributed by atoms with Gasteiger partial charge in [-0.1, -0.05) is 48.5 Å². The van der Waals surface area contributed by atoms with Crippen LogP contribution in [0.15, 0.2) is 79.0 Å². The van der Waals surface area contributed by atoms with Crippen molar-refractivity contribution in [2.45, 2.75) is 6.54 Å². The van der Waals surface area contributed by atoms with E-state index < -0.39 is 0 Å². The molecule has 0 radical (unpaired) electrons. The number of carbonyl (C=O) groups is 1. The summed E-state index contributed by atoms with van der Waals surface area (Å²) in [5.41, 5.74) is 3.85. The molecule has 0 unspecified atom stereocenters. The maximum Gasteiger partial charge on any atom is 0.244 e. The Bertz CT molecular complexity index is 1180. The minimum atomic E-state index is -0.0838. The standard InChI is InChI=1S/C25H24N4O2/c30-25(27-21-10-11-24(26-17-21)28-12-14-31-15-13-28)18-29-22-9-5-4-8-20(22)16-23(29)19-6-2-1-3-7-19/h1-11,16-17H,12-15,18H2,(H,27,30). The fraction of sp³-hybridized carbons (Fsp3) is 0.200. The molecule has 1 fully saturated rings. The lowest BCUT2D eigenvalue weighted by atomic mass is 10.1. The van der Waals surface area contributed by atoms with Gasteiger partial charge >= 0.3 is 0 Å². The monoisotopic (exact) mass is 412 g/mol. The SMILES string of the molecule is O=C(Cn1c(-c2ccccc2)cc2ccccc21)Nc1ccc(N2CCOCC2)nc1. The molecule has 1 N–H and O–H groups in total. The Morgan fingerprint density at radius 1 is 0.968 bits per heavy atom. The van der Waals surface area contributed by atoms with E-state index in [4.69, 9.17) is 4.74 Å². The predicted molar refractivity (Wildman–Crippen MR) is 123 cm³/mol. The van der Waals surface area contributed by atoms with Gasteiger partial charge in [-0.3, -0.25) is 4.79 Å². The molecule has 6 nitrogen and oxygen atoms in total. The number of para-hydroxylation sites is 1. The number of anilines is 2. The number of ether oxygens (including phenoxy) is 1. The average Bonchev–Trinajstić information content (AvgIpc) is 3.19. The Morgan fingerprint density at radius 3 is 2.52 bits per heavy atom. The van der Waals surface area contributed by atoms with Gasteiger partial charge in [-0.05, 0) is 29.8 Å². The summed E-state index contributed by atoms with van der Waals surface area (Å²) in [6.45, 7) is 3.33. The second kappa shape index (κ2) is 8.62. The number of carbonyl (C=O) groups excluding carboxylic acids is 1. The van der Waals surface area contributed by atoms with Gasteiger partial charge in [0.05, 0.1) is 25.1 Å². The third-order valence-electron chi connectivity index (χ3n) is 5.55. The molecule has 2 aromatic carbocycles. The van der Waals surface area contributed by atoms with Crippen molar-refractivity contribution in [3.8, 4) is 11.3 Å². The van der Waals surface area contributed by atoms with Gasteiger partial charge in [0.15, 0.2) is 0 Å². The fourth-order valence-electron chi connectivity index (χ4n) is 4.01. The number of amides is 1. The third-order valence-corrected chi connectivity index (χ3v) is 5.55. The van der Waals surface area contributed by atoms with E-state index in [9.17, 15) is 4.79 Å². The van der Waals surface area contributed by atoms with Crippen LogP contribution in [-0.2, 0) is 16.1 Å². The molecule has 1 aliphatic heterocycles. The summed E-state index contributed by atoms with van der Waals surface area (Å²) in [6.07, 6.45) is 1.72. The summed E-state index contributed by atoms with van der Waals surface area (Å²) < 4.78 is 7.46. The highest BCUT2D eigenvalue weighted by molar-refractivity contribution is 5.94. The van der Waals surface area contributed by atoms with Crippen LogP contribution in [0, 0.1) is 0 Å². The molecule has 1 aliphatic rings. The van der Waals surface area contributed by atoms with Crippen molar-refractivity contribution in [1.82, 2.24) is 9.55 Å². The second-order valence-electron chi connectivity index (χ2n) is 7.59. The third kappa shape index (κ3) is 4.15. The predicted octanol–water partition coefficient (Wildman–Crippen LogP) is 4.18. The van der Waals surface area contributed by atoms with Crippen LogP contribution in [0.25, 0.3) is 22.2 Å². The number of nitrogens with one attached hydrogen (secondary N) is 1. The van der Waals surface area contributed by atoms with Gasteiger partial charge in [0.1, 0.15) is 12.4 Å². The molecule has 0 atom stereocenters. The van der Waals surface area contributed by atoms with Crippen LogP contribution < -0.4 is 10.2 Å². The minimum Gasteiger partial charge on any atom is -0.378 e. The van der Waals surface area contributed by atoms with Crippen LogP contribution in [0.5, 0.6) is 0 Å². The first-order valence-corrected chi connectivity index (χ1v) is 10.5. The van der Waals surface area contributed by atoms with Crippen molar-refractivity contribution >= 4 is 28.3 Å². The zero-order chi connectivity index (χ0) is 21.0. The summed E-state index contributed by atoms with van der Waals surface area (Å²) in [7, 11) is 0. The molecule has 31 heavy (non-hydrogen) atoms. The van der Waals surface area contributed by atoms with E-state index in [1.165, 1.54) is 0 Å². The number of hydrogen-bond donors (Lipinski definition) is 1. The Balaban J connectivity index is 1.36. The molecule has 1 saturated heterocycles. The number of aromatic nitrogens is 2. The van der Waals surface area contributed by atoms with Crippen molar-refractivity contribution in [3.63, 3.8) is 0 Å². The zero-order valence-electron chi connectivity index (χ0n) is 17.2. The Labute approximate surface area is 181 Å². The molecular formula is C25H24N4O2. The molecule has 0 saturated carbocycles. The van der Waals surface area contributed by atoms with Crippen molar-refractivity contribution in [1.29, 1.82) is 0 Å². The van der Waals surface area contributed by atoms with Gasteiger partial charge in [-0.25, -0.2) is 4.98 Å². The van der Waals surface area contributed by atoms with Gasteiger partial charge in [0.25, 0.3) is 0 Å². The van der Waals surface area contributed by atoms with Gasteiger partial charge in [-0.15, -0.1) is 0 Å². The fourth-order valence-corrected chi connectivity index (χ4v) is 4.01. The molecule has 2 aromatic heterocycles. The van der Waals surface area contributed by atoms with E-state index in [1.807, 2.05) is 48.5 Å². The van der Waals surface area contributed by atoms with Crippen molar-refractivity contribution in [2.75, 3.05) is 36.5 Å². The summed E-state index contributed by atoms with van der Waals surface area (Å²) in [5.74, 6) is 0.823. The highest BCUT2D eigenvalue weighted by Crippen LogP contribution is 2.28. The molecule has 6 heteroatoms. The Kier molecular flexibility index (Phi) is 5.37. The minimum absolute atomic E-state index is 0.0838.